The average Bonchev–Trinajstić information content (AvgIpc) is 3.22. The van der Waals surface area contributed by atoms with Crippen molar-refractivity contribution in [2.24, 2.45) is 0 Å². The minimum atomic E-state index is -3.84. The molecule has 2 amide bonds. The van der Waals surface area contributed by atoms with Gasteiger partial charge in [0, 0.05) is 20.6 Å². The zero-order valence-electron chi connectivity index (χ0n) is 17.0. The summed E-state index contributed by atoms with van der Waals surface area (Å²) in [6.07, 6.45) is 3.51. The van der Waals surface area contributed by atoms with E-state index in [9.17, 15) is 22.4 Å². The van der Waals surface area contributed by atoms with Crippen molar-refractivity contribution in [1.82, 2.24) is 24.7 Å². The van der Waals surface area contributed by atoms with Crippen molar-refractivity contribution in [2.45, 2.75) is 30.2 Å². The molecule has 0 unspecified atom stereocenters. The fraction of sp³-hybridized carbons (Fsp3) is 0.421. The van der Waals surface area contributed by atoms with Crippen molar-refractivity contribution in [2.75, 3.05) is 27.7 Å². The van der Waals surface area contributed by atoms with Gasteiger partial charge in [-0.1, -0.05) is 0 Å². The Morgan fingerprint density at radius 1 is 1.27 bits per heavy atom. The molecule has 162 valence electrons. The lowest BCUT2D eigenvalue weighted by molar-refractivity contribution is 0.0595. The Kier molecular flexibility index (Phi) is 6.22. The largest absolute Gasteiger partial charge is 0.345 e. The maximum atomic E-state index is 14.5. The number of aromatic nitrogens is 2. The van der Waals surface area contributed by atoms with Gasteiger partial charge in [0.15, 0.2) is 0 Å². The highest BCUT2D eigenvalue weighted by Gasteiger charge is 2.34. The molecule has 1 aliphatic heterocycles. The second-order valence-electron chi connectivity index (χ2n) is 7.26. The van der Waals surface area contributed by atoms with Crippen LogP contribution >= 0.6 is 0 Å². The Bertz CT molecular complexity index is 1070. The van der Waals surface area contributed by atoms with Gasteiger partial charge in [0.1, 0.15) is 5.82 Å². The number of carbonyl (C=O) groups is 2. The lowest BCUT2D eigenvalue weighted by atomic mass is 9.95. The van der Waals surface area contributed by atoms with Crippen LogP contribution in [0.1, 0.15) is 51.7 Å². The molecule has 1 atom stereocenters. The summed E-state index contributed by atoms with van der Waals surface area (Å²) < 4.78 is 40.8. The number of sulfonamides is 1. The first-order valence-corrected chi connectivity index (χ1v) is 10.9. The summed E-state index contributed by atoms with van der Waals surface area (Å²) in [6, 6.07) is 2.60. The van der Waals surface area contributed by atoms with E-state index in [4.69, 9.17) is 0 Å². The van der Waals surface area contributed by atoms with E-state index in [2.05, 4.69) is 14.9 Å². The maximum absolute atomic E-state index is 14.5. The molecule has 2 heterocycles. The van der Waals surface area contributed by atoms with Crippen molar-refractivity contribution in [3.05, 3.63) is 47.0 Å². The minimum Gasteiger partial charge on any atom is -0.345 e. The van der Waals surface area contributed by atoms with Crippen molar-refractivity contribution >= 4 is 21.8 Å². The third-order valence-corrected chi connectivity index (χ3v) is 6.56. The van der Waals surface area contributed by atoms with Crippen LogP contribution in [0.25, 0.3) is 0 Å². The molecule has 1 aromatic carbocycles. The molecule has 2 aromatic rings. The van der Waals surface area contributed by atoms with Gasteiger partial charge in [-0.05, 0) is 44.5 Å². The zero-order valence-corrected chi connectivity index (χ0v) is 17.8. The molecule has 2 N–H and O–H groups in total. The number of rotatable bonds is 5. The van der Waals surface area contributed by atoms with Crippen molar-refractivity contribution < 1.29 is 22.4 Å². The number of nitrogens with one attached hydrogen (secondary N) is 2. The number of hydrogen-bond donors (Lipinski definition) is 2. The molecule has 0 radical (unpaired) electrons. The molecule has 9 nitrogen and oxygen atoms in total. The van der Waals surface area contributed by atoms with Crippen LogP contribution in [0.15, 0.2) is 29.3 Å². The van der Waals surface area contributed by atoms with Gasteiger partial charge in [0.2, 0.25) is 10.0 Å². The molecule has 0 spiro atoms. The van der Waals surface area contributed by atoms with Crippen LogP contribution in [0.2, 0.25) is 0 Å². The molecular weight excluding hydrogens is 413 g/mol. The van der Waals surface area contributed by atoms with Gasteiger partial charge in [-0.25, -0.2) is 17.5 Å². The van der Waals surface area contributed by atoms with Gasteiger partial charge in [0.25, 0.3) is 11.8 Å². The van der Waals surface area contributed by atoms with Crippen LogP contribution < -0.4 is 4.72 Å². The summed E-state index contributed by atoms with van der Waals surface area (Å²) >= 11 is 0. The van der Waals surface area contributed by atoms with Crippen LogP contribution in [0.3, 0.4) is 0 Å². The first-order valence-electron chi connectivity index (χ1n) is 9.46. The predicted octanol–water partition coefficient (Wildman–Crippen LogP) is 1.53. The molecule has 1 aromatic heterocycles. The van der Waals surface area contributed by atoms with Crippen molar-refractivity contribution in [1.29, 1.82) is 0 Å². The summed E-state index contributed by atoms with van der Waals surface area (Å²) in [5, 5.41) is 6.79. The van der Waals surface area contributed by atoms with E-state index in [1.165, 1.54) is 23.0 Å². The number of nitrogens with zero attached hydrogens (tertiary/aromatic N) is 3. The third-order valence-electron chi connectivity index (χ3n) is 5.15. The summed E-state index contributed by atoms with van der Waals surface area (Å²) in [4.78, 5) is 28.4. The fourth-order valence-corrected chi connectivity index (χ4v) is 4.30. The summed E-state index contributed by atoms with van der Waals surface area (Å²) in [5.41, 5.74) is 0.496. The van der Waals surface area contributed by atoms with Crippen molar-refractivity contribution in [3.63, 3.8) is 0 Å². The van der Waals surface area contributed by atoms with Crippen LogP contribution in [0.4, 0.5) is 4.39 Å². The average molecular weight is 437 g/mol. The monoisotopic (exact) mass is 437 g/mol. The van der Waals surface area contributed by atoms with E-state index < -0.39 is 27.8 Å². The van der Waals surface area contributed by atoms with E-state index in [0.717, 1.165) is 24.6 Å². The Hall–Kier alpha value is -2.79. The molecule has 0 aliphatic carbocycles. The fourth-order valence-electron chi connectivity index (χ4n) is 3.54. The summed E-state index contributed by atoms with van der Waals surface area (Å²) in [7, 11) is 0.633. The molecule has 11 heteroatoms. The molecule has 3 rings (SSSR count). The van der Waals surface area contributed by atoms with Crippen LogP contribution in [-0.4, -0.2) is 67.9 Å². The number of hydrogen-bond acceptors (Lipinski definition) is 5. The van der Waals surface area contributed by atoms with Crippen molar-refractivity contribution in [3.8, 4) is 0 Å². The highest BCUT2D eigenvalue weighted by molar-refractivity contribution is 7.89. The third kappa shape index (κ3) is 4.08. The first-order chi connectivity index (χ1) is 14.2. The molecule has 30 heavy (non-hydrogen) atoms. The zero-order chi connectivity index (χ0) is 22.1. The van der Waals surface area contributed by atoms with Gasteiger partial charge in [-0.15, -0.1) is 0 Å². The number of carbonyl (C=O) groups excluding carboxylic acids is 2. The molecule has 1 aliphatic rings. The number of piperidine rings is 1. The SMILES string of the molecule is CNS(=O)(=O)c1ccc(F)c(C(=O)N2CCCC[C@H]2c2[nH]ncc2C(=O)N(C)C)c1. The number of aromatic amines is 1. The lowest BCUT2D eigenvalue weighted by Gasteiger charge is -2.35. The number of benzene rings is 1. The lowest BCUT2D eigenvalue weighted by Crippen LogP contribution is -2.40. The molecule has 1 saturated heterocycles. The number of halogens is 1. The Labute approximate surface area is 174 Å². The van der Waals surface area contributed by atoms with Crippen LogP contribution in [0.5, 0.6) is 0 Å². The van der Waals surface area contributed by atoms with Gasteiger partial charge < -0.3 is 9.80 Å². The van der Waals surface area contributed by atoms with Crippen LogP contribution in [-0.2, 0) is 10.0 Å². The number of H-pyrrole nitrogens is 1. The normalized spacial score (nSPS) is 17.1. The Morgan fingerprint density at radius 2 is 2.00 bits per heavy atom. The smallest absolute Gasteiger partial charge is 0.257 e. The highest BCUT2D eigenvalue weighted by Crippen LogP contribution is 2.33. The maximum Gasteiger partial charge on any atom is 0.257 e. The number of likely N-dealkylation sites (tertiary alicyclic amines) is 1. The van der Waals surface area contributed by atoms with E-state index >= 15 is 0 Å². The summed E-state index contributed by atoms with van der Waals surface area (Å²) in [6.45, 7) is 0.348. The predicted molar refractivity (Wildman–Crippen MR) is 107 cm³/mol. The van der Waals surface area contributed by atoms with Gasteiger partial charge >= 0.3 is 0 Å². The van der Waals surface area contributed by atoms with E-state index in [1.807, 2.05) is 0 Å². The minimum absolute atomic E-state index is 0.201. The molecular formula is C19H24FN5O4S. The van der Waals surface area contributed by atoms with Gasteiger partial charge in [-0.2, -0.15) is 5.10 Å². The highest BCUT2D eigenvalue weighted by atomic mass is 32.2. The van der Waals surface area contributed by atoms with E-state index in [0.29, 0.717) is 30.6 Å². The first kappa shape index (κ1) is 21.9. The second-order valence-corrected chi connectivity index (χ2v) is 9.14. The van der Waals surface area contributed by atoms with Crippen LogP contribution in [0, 0.1) is 5.82 Å². The van der Waals surface area contributed by atoms with Gasteiger partial charge in [-0.3, -0.25) is 14.7 Å². The molecule has 0 saturated carbocycles. The van der Waals surface area contributed by atoms with Gasteiger partial charge in [0.05, 0.1) is 34.0 Å². The van der Waals surface area contributed by atoms with E-state index in [-0.39, 0.29) is 16.4 Å². The topological polar surface area (TPSA) is 115 Å². The Morgan fingerprint density at radius 3 is 2.67 bits per heavy atom. The number of amides is 2. The van der Waals surface area contributed by atoms with E-state index in [1.54, 1.807) is 14.1 Å². The molecule has 1 fully saturated rings. The second kappa shape index (κ2) is 8.52. The molecule has 0 bridgehead atoms. The Balaban J connectivity index is 2.01. The quantitative estimate of drug-likeness (QED) is 0.736. The summed E-state index contributed by atoms with van der Waals surface area (Å²) in [5.74, 6) is -1.71. The standard InChI is InChI=1S/C19H24FN5O4S/c1-21-30(28,29)12-7-8-15(20)13(10-12)19(27)25-9-5-4-6-16(25)17-14(11-22-23-17)18(26)24(2)3/h7-8,10-11,16,21H,4-6,9H2,1-3H3,(H,22,23)/t16-/m0/s1.